The Morgan fingerprint density at radius 3 is 2.29 bits per heavy atom. The van der Waals surface area contributed by atoms with Crippen molar-refractivity contribution in [3.63, 3.8) is 0 Å². The molecule has 0 saturated heterocycles. The molecule has 0 aromatic heterocycles. The van der Waals surface area contributed by atoms with Gasteiger partial charge in [-0.1, -0.05) is 32.0 Å². The van der Waals surface area contributed by atoms with Crippen molar-refractivity contribution >= 4 is 0 Å². The maximum atomic E-state index is 9.67. The molecule has 1 atom stereocenters. The quantitative estimate of drug-likeness (QED) is 0.726. The fraction of sp³-hybridized carbons (Fsp3) is 0.455. The molecule has 14 heavy (non-hydrogen) atoms. The molecule has 0 amide bonds. The number of ether oxygens (including phenoxy) is 1. The Balaban J connectivity index is 2.52. The van der Waals surface area contributed by atoms with Crippen molar-refractivity contribution in [2.45, 2.75) is 20.3 Å². The first kappa shape index (κ1) is 11.0. The molecule has 0 fully saturated rings. The first-order valence-electron chi connectivity index (χ1n) is 4.91. The van der Waals surface area contributed by atoms with Crippen molar-refractivity contribution in [1.29, 1.82) is 0 Å². The van der Waals surface area contributed by atoms with Crippen LogP contribution < -0.4 is 4.74 Å². The summed E-state index contributed by atoms with van der Waals surface area (Å²) in [4.78, 5) is 1.83. The second-order valence-corrected chi connectivity index (χ2v) is 2.98. The van der Waals surface area contributed by atoms with Crippen LogP contribution in [0.3, 0.4) is 0 Å². The molecule has 0 saturated carbocycles. The summed E-state index contributed by atoms with van der Waals surface area (Å²) in [5.74, 6) is 0.687. The number of hydrogen-bond donors (Lipinski definition) is 1. The minimum atomic E-state index is -0.854. The van der Waals surface area contributed by atoms with E-state index in [2.05, 4.69) is 0 Å². The highest BCUT2D eigenvalue weighted by Gasteiger charge is 2.12. The predicted molar refractivity (Wildman–Crippen MR) is 56.0 cm³/mol. The van der Waals surface area contributed by atoms with E-state index >= 15 is 0 Å². The molecule has 0 aliphatic heterocycles. The van der Waals surface area contributed by atoms with E-state index in [9.17, 15) is 5.11 Å². The number of para-hydroxylation sites is 1. The zero-order chi connectivity index (χ0) is 10.4. The monoisotopic (exact) mass is 195 g/mol. The minimum Gasteiger partial charge on any atom is -0.451 e. The summed E-state index contributed by atoms with van der Waals surface area (Å²) < 4.78 is 5.34. The average molecular weight is 195 g/mol. The van der Waals surface area contributed by atoms with Gasteiger partial charge in [0.2, 0.25) is 0 Å². The number of aliphatic hydroxyl groups excluding tert-OH is 1. The molecule has 1 unspecified atom stereocenters. The van der Waals surface area contributed by atoms with E-state index in [0.29, 0.717) is 5.75 Å². The van der Waals surface area contributed by atoms with Crippen LogP contribution in [0, 0.1) is 0 Å². The van der Waals surface area contributed by atoms with Gasteiger partial charge in [0.15, 0.2) is 0 Å². The lowest BCUT2D eigenvalue weighted by Crippen LogP contribution is -2.39. The van der Waals surface area contributed by atoms with Gasteiger partial charge in [0, 0.05) is 13.1 Å². The first-order valence-corrected chi connectivity index (χ1v) is 4.91. The van der Waals surface area contributed by atoms with Crippen LogP contribution in [-0.2, 0) is 0 Å². The Kier molecular flexibility index (Phi) is 4.43. The summed E-state index contributed by atoms with van der Waals surface area (Å²) in [5, 5.41) is 9.67. The fourth-order valence-electron chi connectivity index (χ4n) is 1.23. The number of benzene rings is 1. The number of aliphatic hydroxyl groups is 1. The average Bonchev–Trinajstić information content (AvgIpc) is 2.21. The Bertz CT molecular complexity index is 247. The van der Waals surface area contributed by atoms with Crippen LogP contribution in [-0.4, -0.2) is 29.5 Å². The molecule has 0 aliphatic rings. The third-order valence-corrected chi connectivity index (χ3v) is 2.11. The zero-order valence-corrected chi connectivity index (χ0v) is 8.68. The van der Waals surface area contributed by atoms with Crippen LogP contribution in [0.1, 0.15) is 13.8 Å². The van der Waals surface area contributed by atoms with Gasteiger partial charge in [0.05, 0.1) is 0 Å². The summed E-state index contributed by atoms with van der Waals surface area (Å²) >= 11 is 0. The van der Waals surface area contributed by atoms with Gasteiger partial charge >= 0.3 is 0 Å². The number of hydrogen-bond acceptors (Lipinski definition) is 3. The largest absolute Gasteiger partial charge is 0.451 e. The van der Waals surface area contributed by atoms with E-state index in [1.165, 1.54) is 0 Å². The molecule has 78 valence electrons. The molecule has 1 N–H and O–H groups in total. The molecule has 1 rings (SSSR count). The molecular weight excluding hydrogens is 178 g/mol. The maximum absolute atomic E-state index is 9.67. The lowest BCUT2D eigenvalue weighted by molar-refractivity contribution is -0.131. The Morgan fingerprint density at radius 1 is 1.21 bits per heavy atom. The molecule has 1 aromatic carbocycles. The molecule has 3 heteroatoms. The Labute approximate surface area is 84.9 Å². The van der Waals surface area contributed by atoms with Crippen molar-refractivity contribution in [3.8, 4) is 5.75 Å². The topological polar surface area (TPSA) is 32.7 Å². The Morgan fingerprint density at radius 2 is 1.79 bits per heavy atom. The summed E-state index contributed by atoms with van der Waals surface area (Å²) in [5.41, 5.74) is 0. The lowest BCUT2D eigenvalue weighted by Gasteiger charge is -2.24. The first-order chi connectivity index (χ1) is 6.77. The summed E-state index contributed by atoms with van der Waals surface area (Å²) in [6.07, 6.45) is -0.854. The summed E-state index contributed by atoms with van der Waals surface area (Å²) in [6, 6.07) is 9.32. The zero-order valence-electron chi connectivity index (χ0n) is 8.68. The highest BCUT2D eigenvalue weighted by Crippen LogP contribution is 2.11. The van der Waals surface area contributed by atoms with E-state index in [-0.39, 0.29) is 0 Å². The van der Waals surface area contributed by atoms with Gasteiger partial charge in [-0.2, -0.15) is 0 Å². The van der Waals surface area contributed by atoms with Crippen molar-refractivity contribution in [2.75, 3.05) is 13.1 Å². The summed E-state index contributed by atoms with van der Waals surface area (Å²) in [6.45, 7) is 5.51. The second kappa shape index (κ2) is 5.62. The van der Waals surface area contributed by atoms with Crippen LogP contribution in [0.5, 0.6) is 5.75 Å². The lowest BCUT2D eigenvalue weighted by atomic mass is 10.3. The number of rotatable bonds is 5. The SMILES string of the molecule is CCN(CC)C(O)Oc1ccccc1. The van der Waals surface area contributed by atoms with Crippen molar-refractivity contribution in [1.82, 2.24) is 4.90 Å². The van der Waals surface area contributed by atoms with Crippen molar-refractivity contribution in [2.24, 2.45) is 0 Å². The van der Waals surface area contributed by atoms with E-state index in [0.717, 1.165) is 13.1 Å². The smallest absolute Gasteiger partial charge is 0.259 e. The highest BCUT2D eigenvalue weighted by atomic mass is 16.6. The normalized spacial score (nSPS) is 12.9. The van der Waals surface area contributed by atoms with Crippen molar-refractivity contribution < 1.29 is 9.84 Å². The van der Waals surface area contributed by atoms with Gasteiger partial charge in [0.1, 0.15) is 5.75 Å². The van der Waals surface area contributed by atoms with Crippen LogP contribution in [0.15, 0.2) is 30.3 Å². The standard InChI is InChI=1S/C11H17NO2/c1-3-12(4-2)11(13)14-10-8-6-5-7-9-10/h5-9,11,13H,3-4H2,1-2H3. The molecule has 1 aromatic rings. The fourth-order valence-corrected chi connectivity index (χ4v) is 1.23. The van der Waals surface area contributed by atoms with E-state index in [4.69, 9.17) is 4.74 Å². The second-order valence-electron chi connectivity index (χ2n) is 2.98. The van der Waals surface area contributed by atoms with Crippen LogP contribution >= 0.6 is 0 Å². The van der Waals surface area contributed by atoms with Gasteiger partial charge in [-0.3, -0.25) is 0 Å². The van der Waals surface area contributed by atoms with E-state index < -0.39 is 6.41 Å². The third-order valence-electron chi connectivity index (χ3n) is 2.11. The van der Waals surface area contributed by atoms with Gasteiger partial charge in [-0.05, 0) is 12.1 Å². The number of nitrogens with zero attached hydrogens (tertiary/aromatic N) is 1. The summed E-state index contributed by atoms with van der Waals surface area (Å²) in [7, 11) is 0. The predicted octanol–water partition coefficient (Wildman–Crippen LogP) is 1.68. The Hall–Kier alpha value is -1.06. The molecule has 0 spiro atoms. The van der Waals surface area contributed by atoms with Crippen LogP contribution in [0.25, 0.3) is 0 Å². The van der Waals surface area contributed by atoms with Crippen molar-refractivity contribution in [3.05, 3.63) is 30.3 Å². The van der Waals surface area contributed by atoms with Gasteiger partial charge in [0.25, 0.3) is 6.41 Å². The minimum absolute atomic E-state index is 0.687. The molecule has 0 bridgehead atoms. The van der Waals surface area contributed by atoms with Gasteiger partial charge in [-0.25, -0.2) is 4.90 Å². The van der Waals surface area contributed by atoms with E-state index in [1.54, 1.807) is 0 Å². The highest BCUT2D eigenvalue weighted by molar-refractivity contribution is 5.20. The molecule has 0 heterocycles. The maximum Gasteiger partial charge on any atom is 0.259 e. The van der Waals surface area contributed by atoms with Crippen LogP contribution in [0.4, 0.5) is 0 Å². The van der Waals surface area contributed by atoms with Gasteiger partial charge < -0.3 is 9.84 Å². The molecule has 0 radical (unpaired) electrons. The molecular formula is C11H17NO2. The van der Waals surface area contributed by atoms with Gasteiger partial charge in [-0.15, -0.1) is 0 Å². The molecule has 3 nitrogen and oxygen atoms in total. The third kappa shape index (κ3) is 3.01. The van der Waals surface area contributed by atoms with Crippen LogP contribution in [0.2, 0.25) is 0 Å². The van der Waals surface area contributed by atoms with E-state index in [1.807, 2.05) is 49.1 Å². The molecule has 0 aliphatic carbocycles.